The molecule has 0 radical (unpaired) electrons. The summed E-state index contributed by atoms with van der Waals surface area (Å²) in [6, 6.07) is 19.1. The SMILES string of the molecule is CC(=O)OCC1O[C@@H](OCCSSCCOP(=O)(OCCC#N)OC[C@H]2S[C@@H](n3ccc(NC(=O)c4ccccc4)nc3=O)[C@@H](F)[C@@H]2OC(=O)c2ccccc2)C(OC(C)=O)C(OC(C)=O)[C@@H]1OC(C)=O. The molecule has 3 heterocycles. The molecule has 22 nitrogen and oxygen atoms in total. The predicted molar refractivity (Wildman–Crippen MR) is 252 cm³/mol. The van der Waals surface area contributed by atoms with E-state index in [1.807, 2.05) is 6.07 Å². The first-order chi connectivity index (χ1) is 34.0. The molecule has 0 bridgehead atoms. The van der Waals surface area contributed by atoms with E-state index in [1.165, 1.54) is 46.0 Å². The second kappa shape index (κ2) is 28.0. The molecule has 0 aliphatic carbocycles. The van der Waals surface area contributed by atoms with Crippen molar-refractivity contribution in [1.82, 2.24) is 9.55 Å². The number of ether oxygens (including phenoxy) is 7. The topological polar surface area (TPSA) is 282 Å². The van der Waals surface area contributed by atoms with E-state index in [2.05, 4.69) is 10.3 Å². The number of esters is 5. The van der Waals surface area contributed by atoms with E-state index in [1.54, 1.807) is 48.5 Å². The number of alkyl halides is 1. The number of amides is 1. The number of benzene rings is 2. The van der Waals surface area contributed by atoms with Gasteiger partial charge in [-0.1, -0.05) is 58.0 Å². The molecular weight excluding hydrogens is 1020 g/mol. The van der Waals surface area contributed by atoms with E-state index < -0.39 is 116 Å². The smallest absolute Gasteiger partial charge is 0.463 e. The summed E-state index contributed by atoms with van der Waals surface area (Å²) >= 11 is 0.838. The monoisotopic (exact) mass is 1070 g/mol. The summed E-state index contributed by atoms with van der Waals surface area (Å²) in [4.78, 5) is 91.0. The summed E-state index contributed by atoms with van der Waals surface area (Å²) in [6.07, 6.45) is -9.28. The second-order valence-electron chi connectivity index (χ2n) is 15.0. The van der Waals surface area contributed by atoms with Crippen LogP contribution >= 0.6 is 41.2 Å². The van der Waals surface area contributed by atoms with E-state index in [0.717, 1.165) is 44.0 Å². The van der Waals surface area contributed by atoms with Gasteiger partial charge in [-0.25, -0.2) is 18.5 Å². The van der Waals surface area contributed by atoms with Crippen LogP contribution in [0.4, 0.5) is 10.2 Å². The van der Waals surface area contributed by atoms with Crippen LogP contribution in [0.3, 0.4) is 0 Å². The number of hydrogen-bond acceptors (Lipinski definition) is 23. The number of anilines is 1. The first kappa shape index (κ1) is 56.6. The van der Waals surface area contributed by atoms with Crippen molar-refractivity contribution >= 4 is 82.7 Å². The van der Waals surface area contributed by atoms with E-state index in [4.69, 9.17) is 52.0 Å². The van der Waals surface area contributed by atoms with Crippen LogP contribution < -0.4 is 11.0 Å². The lowest BCUT2D eigenvalue weighted by Crippen LogP contribution is -2.63. The minimum Gasteiger partial charge on any atom is -0.463 e. The van der Waals surface area contributed by atoms with Gasteiger partial charge in [0.25, 0.3) is 5.91 Å². The molecule has 2 saturated heterocycles. The molecule has 2 aromatic carbocycles. The fourth-order valence-electron chi connectivity index (χ4n) is 6.71. The second-order valence-corrected chi connectivity index (χ2v) is 20.7. The molecule has 1 amide bonds. The largest absolute Gasteiger partial charge is 0.474 e. The van der Waals surface area contributed by atoms with Crippen molar-refractivity contribution in [3.63, 3.8) is 0 Å². The van der Waals surface area contributed by atoms with Gasteiger partial charge in [-0.05, 0) is 30.3 Å². The highest BCUT2D eigenvalue weighted by Crippen LogP contribution is 2.52. The number of phosphoric ester groups is 1. The molecule has 0 spiro atoms. The van der Waals surface area contributed by atoms with E-state index in [-0.39, 0.29) is 49.1 Å². The fourth-order valence-corrected chi connectivity index (χ4v) is 11.3. The average molecular weight is 1070 g/mol. The molecule has 2 aliphatic rings. The van der Waals surface area contributed by atoms with Gasteiger partial charge in [-0.3, -0.25) is 42.1 Å². The van der Waals surface area contributed by atoms with Crippen molar-refractivity contribution in [1.29, 1.82) is 5.26 Å². The van der Waals surface area contributed by atoms with Crippen molar-refractivity contribution in [3.8, 4) is 6.07 Å². The molecule has 71 heavy (non-hydrogen) atoms. The Balaban J connectivity index is 1.20. The quantitative estimate of drug-likeness (QED) is 0.0374. The van der Waals surface area contributed by atoms with Crippen molar-refractivity contribution in [2.24, 2.45) is 0 Å². The normalized spacial score (nSPS) is 23.5. The first-order valence-electron chi connectivity index (χ1n) is 21.6. The zero-order valence-corrected chi connectivity index (χ0v) is 41.9. The number of halogens is 1. The van der Waals surface area contributed by atoms with Gasteiger partial charge in [-0.2, -0.15) is 10.2 Å². The van der Waals surface area contributed by atoms with Gasteiger partial charge in [0, 0.05) is 51.0 Å². The lowest BCUT2D eigenvalue weighted by Gasteiger charge is -2.44. The minimum atomic E-state index is -4.49. The molecule has 384 valence electrons. The maximum Gasteiger partial charge on any atom is 0.474 e. The molecular formula is C44H50FN4O18PS3. The summed E-state index contributed by atoms with van der Waals surface area (Å²) in [6.45, 7) is 2.80. The van der Waals surface area contributed by atoms with Gasteiger partial charge in [0.15, 0.2) is 36.9 Å². The Morgan fingerprint density at radius 3 is 2.00 bits per heavy atom. The number of carbonyl (C=O) groups excluding carboxylic acids is 6. The Labute approximate surface area is 418 Å². The Kier molecular flexibility index (Phi) is 22.3. The van der Waals surface area contributed by atoms with Gasteiger partial charge in [0.1, 0.15) is 23.9 Å². The summed E-state index contributed by atoms with van der Waals surface area (Å²) in [7, 11) is -1.98. The lowest BCUT2D eigenvalue weighted by molar-refractivity contribution is -0.307. The fraction of sp³-hybridized carbons (Fsp3) is 0.477. The molecule has 27 heteroatoms. The van der Waals surface area contributed by atoms with Crippen molar-refractivity contribution in [3.05, 3.63) is 94.5 Å². The van der Waals surface area contributed by atoms with Crippen LogP contribution in [-0.4, -0.2) is 138 Å². The highest BCUT2D eigenvalue weighted by molar-refractivity contribution is 8.76. The molecule has 5 rings (SSSR count). The van der Waals surface area contributed by atoms with Crippen molar-refractivity contribution in [2.75, 3.05) is 49.9 Å². The number of carbonyl (C=O) groups is 6. The Morgan fingerprint density at radius 1 is 0.775 bits per heavy atom. The maximum atomic E-state index is 16.5. The number of hydrogen-bond donors (Lipinski definition) is 1. The van der Waals surface area contributed by atoms with Crippen LogP contribution in [0.5, 0.6) is 0 Å². The van der Waals surface area contributed by atoms with Gasteiger partial charge < -0.3 is 38.5 Å². The molecule has 1 aromatic heterocycles. The molecule has 4 unspecified atom stereocenters. The Morgan fingerprint density at radius 2 is 1.38 bits per heavy atom. The standard InChI is InChI=1S/C44H50FN4O18PS3/c1-26(50)59-24-32-36(63-27(2)51)38(64-28(3)52)39(65-29(4)53)43(66-32)58-20-22-69-70-23-21-61-68(57,60-19-11-17-46)62-25-33-37(67-42(55)31-14-9-6-10-15-31)35(45)41(71-33)49-18-16-34(48-44(49)56)47-40(54)30-12-7-5-8-13-30/h5-10,12-16,18,32-33,35-39,41,43H,11,19-25H2,1-4H3,(H,47,48,54,56)/t32?,33-,35+,36-,37-,38?,39?,41-,43-,68?/m1/s1. The highest BCUT2D eigenvalue weighted by atomic mass is 33.1. The third-order valence-corrected chi connectivity index (χ3v) is 15.0. The Hall–Kier alpha value is -5.36. The van der Waals surface area contributed by atoms with Gasteiger partial charge in [-0.15, -0.1) is 11.8 Å². The number of thioether (sulfide) groups is 1. The number of phosphoric acid groups is 1. The number of rotatable bonds is 25. The summed E-state index contributed by atoms with van der Waals surface area (Å²) in [5.41, 5.74) is -0.504. The molecule has 10 atom stereocenters. The van der Waals surface area contributed by atoms with Crippen LogP contribution in [0.25, 0.3) is 0 Å². The molecule has 1 N–H and O–H groups in total. The molecule has 2 fully saturated rings. The number of aromatic nitrogens is 2. The number of nitriles is 1. The molecule has 0 saturated carbocycles. The lowest BCUT2D eigenvalue weighted by atomic mass is 9.98. The van der Waals surface area contributed by atoms with Crippen molar-refractivity contribution < 1.29 is 84.5 Å². The van der Waals surface area contributed by atoms with Crippen LogP contribution in [0.1, 0.15) is 60.2 Å². The number of nitrogens with one attached hydrogen (secondary N) is 1. The third-order valence-electron chi connectivity index (χ3n) is 9.66. The van der Waals surface area contributed by atoms with Gasteiger partial charge in [0.05, 0.1) is 49.7 Å². The van der Waals surface area contributed by atoms with Crippen LogP contribution in [0.15, 0.2) is 77.7 Å². The van der Waals surface area contributed by atoms with E-state index in [0.29, 0.717) is 5.56 Å². The Bertz CT molecular complexity index is 2460. The zero-order valence-electron chi connectivity index (χ0n) is 38.5. The van der Waals surface area contributed by atoms with Crippen LogP contribution in [0.2, 0.25) is 0 Å². The van der Waals surface area contributed by atoms with Crippen LogP contribution in [0, 0.1) is 11.3 Å². The zero-order chi connectivity index (χ0) is 51.5. The summed E-state index contributed by atoms with van der Waals surface area (Å²) in [5.74, 6) is -4.10. The minimum absolute atomic E-state index is 0.0477. The third kappa shape index (κ3) is 17.4. The summed E-state index contributed by atoms with van der Waals surface area (Å²) in [5, 5.41) is 9.22. The highest BCUT2D eigenvalue weighted by Gasteiger charge is 2.53. The van der Waals surface area contributed by atoms with E-state index >= 15 is 4.39 Å². The van der Waals surface area contributed by atoms with Crippen LogP contribution in [-0.2, 0) is 70.5 Å². The maximum absolute atomic E-state index is 16.5. The van der Waals surface area contributed by atoms with Gasteiger partial charge >= 0.3 is 43.4 Å². The average Bonchev–Trinajstić information content (AvgIpc) is 3.63. The summed E-state index contributed by atoms with van der Waals surface area (Å²) < 4.78 is 86.9. The van der Waals surface area contributed by atoms with Crippen molar-refractivity contribution in [2.45, 2.75) is 87.7 Å². The number of nitrogens with zero attached hydrogens (tertiary/aromatic N) is 3. The molecule has 3 aromatic rings. The molecule has 2 aliphatic heterocycles. The van der Waals surface area contributed by atoms with E-state index in [9.17, 15) is 38.1 Å². The predicted octanol–water partition coefficient (Wildman–Crippen LogP) is 5.23. The van der Waals surface area contributed by atoms with Gasteiger partial charge in [0.2, 0.25) is 0 Å². The first-order valence-corrected chi connectivity index (χ1v) is 26.5.